The molecule has 0 aliphatic heterocycles. The number of rotatable bonds is 4. The molecular formula is C14H16ClN3O2S. The summed E-state index contributed by atoms with van der Waals surface area (Å²) in [5.74, 6) is 0. The number of anilines is 3. The Morgan fingerprint density at radius 3 is 2.43 bits per heavy atom. The second-order valence-corrected chi connectivity index (χ2v) is 6.83. The third kappa shape index (κ3) is 3.59. The van der Waals surface area contributed by atoms with Crippen LogP contribution in [-0.4, -0.2) is 22.5 Å². The zero-order valence-corrected chi connectivity index (χ0v) is 13.2. The molecule has 2 aromatic rings. The van der Waals surface area contributed by atoms with Crippen molar-refractivity contribution < 1.29 is 8.42 Å². The van der Waals surface area contributed by atoms with Crippen molar-refractivity contribution >= 4 is 38.7 Å². The number of sulfonamides is 1. The minimum absolute atomic E-state index is 0.107. The fourth-order valence-corrected chi connectivity index (χ4v) is 3.28. The fourth-order valence-electron chi connectivity index (χ4n) is 1.83. The first kappa shape index (κ1) is 15.5. The highest BCUT2D eigenvalue weighted by molar-refractivity contribution is 7.92. The summed E-state index contributed by atoms with van der Waals surface area (Å²) in [6.07, 6.45) is 0. The molecule has 0 bridgehead atoms. The average Bonchev–Trinajstić information content (AvgIpc) is 2.37. The molecule has 0 spiro atoms. The number of nitrogens with zero attached hydrogens (tertiary/aromatic N) is 1. The van der Waals surface area contributed by atoms with E-state index in [0.29, 0.717) is 16.4 Å². The van der Waals surface area contributed by atoms with Gasteiger partial charge in [0.1, 0.15) is 0 Å². The summed E-state index contributed by atoms with van der Waals surface area (Å²) in [5, 5.41) is 0.466. The molecular weight excluding hydrogens is 310 g/mol. The van der Waals surface area contributed by atoms with Crippen molar-refractivity contribution in [1.29, 1.82) is 0 Å². The van der Waals surface area contributed by atoms with Gasteiger partial charge in [0, 0.05) is 19.8 Å². The number of hydrogen-bond acceptors (Lipinski definition) is 4. The highest BCUT2D eigenvalue weighted by atomic mass is 35.5. The Labute approximate surface area is 129 Å². The van der Waals surface area contributed by atoms with Crippen molar-refractivity contribution in [2.24, 2.45) is 0 Å². The maximum Gasteiger partial charge on any atom is 0.261 e. The van der Waals surface area contributed by atoms with Crippen LogP contribution in [0.1, 0.15) is 0 Å². The monoisotopic (exact) mass is 325 g/mol. The molecule has 0 unspecified atom stereocenters. The van der Waals surface area contributed by atoms with E-state index in [-0.39, 0.29) is 4.90 Å². The van der Waals surface area contributed by atoms with Gasteiger partial charge in [0.25, 0.3) is 10.0 Å². The van der Waals surface area contributed by atoms with Crippen molar-refractivity contribution in [3.05, 3.63) is 47.5 Å². The Hall–Kier alpha value is -1.92. The Morgan fingerprint density at radius 1 is 1.14 bits per heavy atom. The average molecular weight is 326 g/mol. The van der Waals surface area contributed by atoms with Crippen molar-refractivity contribution in [3.8, 4) is 0 Å². The minimum Gasteiger partial charge on any atom is -0.399 e. The lowest BCUT2D eigenvalue weighted by atomic mass is 10.3. The van der Waals surface area contributed by atoms with Crippen LogP contribution in [-0.2, 0) is 10.0 Å². The number of nitrogens with two attached hydrogens (primary N) is 1. The highest BCUT2D eigenvalue weighted by Gasteiger charge is 2.15. The maximum absolute atomic E-state index is 12.3. The smallest absolute Gasteiger partial charge is 0.261 e. The lowest BCUT2D eigenvalue weighted by Gasteiger charge is -2.16. The quantitative estimate of drug-likeness (QED) is 0.848. The van der Waals surface area contributed by atoms with Crippen LogP contribution < -0.4 is 15.4 Å². The van der Waals surface area contributed by atoms with E-state index in [4.69, 9.17) is 17.3 Å². The zero-order valence-electron chi connectivity index (χ0n) is 11.7. The molecule has 3 N–H and O–H groups in total. The molecule has 0 aromatic heterocycles. The molecule has 0 heterocycles. The molecule has 0 saturated heterocycles. The second-order valence-electron chi connectivity index (χ2n) is 4.74. The van der Waals surface area contributed by atoms with Gasteiger partial charge in [-0.05, 0) is 36.4 Å². The molecule has 0 aliphatic rings. The topological polar surface area (TPSA) is 75.4 Å². The van der Waals surface area contributed by atoms with Gasteiger partial charge in [-0.15, -0.1) is 0 Å². The van der Waals surface area contributed by atoms with Crippen molar-refractivity contribution in [1.82, 2.24) is 0 Å². The fraction of sp³-hybridized carbons (Fsp3) is 0.143. The van der Waals surface area contributed by atoms with Crippen LogP contribution in [0.3, 0.4) is 0 Å². The molecule has 5 nitrogen and oxygen atoms in total. The Balaban J connectivity index is 2.31. The predicted molar refractivity (Wildman–Crippen MR) is 87.4 cm³/mol. The summed E-state index contributed by atoms with van der Waals surface area (Å²) in [5.41, 5.74) is 7.20. The first-order valence-corrected chi connectivity index (χ1v) is 8.01. The van der Waals surface area contributed by atoms with Gasteiger partial charge >= 0.3 is 0 Å². The van der Waals surface area contributed by atoms with E-state index in [0.717, 1.165) is 5.69 Å². The first-order valence-electron chi connectivity index (χ1n) is 6.15. The van der Waals surface area contributed by atoms with Crippen molar-refractivity contribution in [3.63, 3.8) is 0 Å². The van der Waals surface area contributed by atoms with Crippen LogP contribution in [0.5, 0.6) is 0 Å². The normalized spacial score (nSPS) is 11.2. The van der Waals surface area contributed by atoms with Crippen LogP contribution >= 0.6 is 11.6 Å². The minimum atomic E-state index is -3.69. The second kappa shape index (κ2) is 5.83. The molecule has 0 aliphatic carbocycles. The van der Waals surface area contributed by atoms with Crippen LogP contribution in [0.25, 0.3) is 0 Å². The van der Waals surface area contributed by atoms with Crippen molar-refractivity contribution in [2.45, 2.75) is 4.90 Å². The van der Waals surface area contributed by atoms with Gasteiger partial charge in [-0.3, -0.25) is 4.72 Å². The number of benzene rings is 2. The Morgan fingerprint density at radius 2 is 1.86 bits per heavy atom. The van der Waals surface area contributed by atoms with Gasteiger partial charge in [0.2, 0.25) is 0 Å². The lowest BCUT2D eigenvalue weighted by molar-refractivity contribution is 0.601. The number of halogens is 1. The first-order chi connectivity index (χ1) is 9.79. The standard InChI is InChI=1S/C14H16ClN3O2S/c1-18(2)14-7-6-11(9-13(14)15)17-21(19,20)12-5-3-4-10(16)8-12/h3-9,17H,16H2,1-2H3. The number of nitrogens with one attached hydrogen (secondary N) is 1. The molecule has 0 atom stereocenters. The summed E-state index contributed by atoms with van der Waals surface area (Å²) in [4.78, 5) is 1.95. The van der Waals surface area contributed by atoms with Gasteiger partial charge in [0.05, 0.1) is 21.3 Å². The molecule has 2 rings (SSSR count). The van der Waals surface area contributed by atoms with Gasteiger partial charge in [0.15, 0.2) is 0 Å². The summed E-state index contributed by atoms with van der Waals surface area (Å²) in [7, 11) is 0.0299. The van der Waals surface area contributed by atoms with Crippen LogP contribution in [0.2, 0.25) is 5.02 Å². The van der Waals surface area contributed by atoms with Gasteiger partial charge < -0.3 is 10.6 Å². The largest absolute Gasteiger partial charge is 0.399 e. The summed E-state index contributed by atoms with van der Waals surface area (Å²) < 4.78 is 27.0. The maximum atomic E-state index is 12.3. The molecule has 7 heteroatoms. The third-order valence-corrected chi connectivity index (χ3v) is 4.53. The summed E-state index contributed by atoms with van der Waals surface area (Å²) >= 11 is 6.13. The van der Waals surface area contributed by atoms with Gasteiger partial charge in [-0.1, -0.05) is 17.7 Å². The van der Waals surface area contributed by atoms with Crippen LogP contribution in [0.4, 0.5) is 17.1 Å². The Kier molecular flexibility index (Phi) is 4.29. The van der Waals surface area contributed by atoms with E-state index < -0.39 is 10.0 Å². The van der Waals surface area contributed by atoms with E-state index in [2.05, 4.69) is 4.72 Å². The summed E-state index contributed by atoms with van der Waals surface area (Å²) in [6.45, 7) is 0. The number of nitrogen functional groups attached to an aromatic ring is 1. The third-order valence-electron chi connectivity index (χ3n) is 2.85. The van der Waals surface area contributed by atoms with E-state index in [1.165, 1.54) is 12.1 Å². The number of hydrogen-bond donors (Lipinski definition) is 2. The lowest BCUT2D eigenvalue weighted by Crippen LogP contribution is -2.14. The van der Waals surface area contributed by atoms with Gasteiger partial charge in [-0.2, -0.15) is 0 Å². The van der Waals surface area contributed by atoms with Gasteiger partial charge in [-0.25, -0.2) is 8.42 Å². The molecule has 0 amide bonds. The molecule has 21 heavy (non-hydrogen) atoms. The highest BCUT2D eigenvalue weighted by Crippen LogP contribution is 2.28. The zero-order chi connectivity index (χ0) is 15.6. The van der Waals surface area contributed by atoms with E-state index >= 15 is 0 Å². The van der Waals surface area contributed by atoms with Crippen molar-refractivity contribution in [2.75, 3.05) is 29.5 Å². The van der Waals surface area contributed by atoms with E-state index in [1.54, 1.807) is 30.3 Å². The van der Waals surface area contributed by atoms with Crippen LogP contribution in [0, 0.1) is 0 Å². The van der Waals surface area contributed by atoms with E-state index in [1.807, 2.05) is 19.0 Å². The SMILES string of the molecule is CN(C)c1ccc(NS(=O)(=O)c2cccc(N)c2)cc1Cl. The molecule has 2 aromatic carbocycles. The summed E-state index contributed by atoms with van der Waals surface area (Å²) in [6, 6.07) is 11.1. The van der Waals surface area contributed by atoms with E-state index in [9.17, 15) is 8.42 Å². The molecule has 112 valence electrons. The molecule has 0 saturated carbocycles. The predicted octanol–water partition coefficient (Wildman–Crippen LogP) is 2.79. The van der Waals surface area contributed by atoms with Crippen LogP contribution in [0.15, 0.2) is 47.4 Å². The molecule has 0 radical (unpaired) electrons. The Bertz CT molecular complexity index is 761. The molecule has 0 fully saturated rings.